The fraction of sp³-hybridized carbons (Fsp3) is 0.214. The zero-order chi connectivity index (χ0) is 10.8. The van der Waals surface area contributed by atoms with Crippen LogP contribution in [-0.2, 0) is 6.42 Å². The first-order valence-electron chi connectivity index (χ1n) is 5.62. The summed E-state index contributed by atoms with van der Waals surface area (Å²) in [5.41, 5.74) is 3.57. The van der Waals surface area contributed by atoms with Crippen LogP contribution in [0.4, 0.5) is 0 Å². The Morgan fingerprint density at radius 2 is 2.25 bits per heavy atom. The van der Waals surface area contributed by atoms with Crippen LogP contribution in [0.25, 0.3) is 0 Å². The van der Waals surface area contributed by atoms with E-state index in [2.05, 4.69) is 23.2 Å². The average Bonchev–Trinajstić information content (AvgIpc) is 2.91. The van der Waals surface area contributed by atoms with Gasteiger partial charge in [-0.15, -0.1) is 0 Å². The van der Waals surface area contributed by atoms with E-state index in [1.54, 1.807) is 6.26 Å². The van der Waals surface area contributed by atoms with Crippen molar-refractivity contribution in [1.82, 2.24) is 0 Å². The normalized spacial score (nSPS) is 17.1. The zero-order valence-electron chi connectivity index (χ0n) is 9.02. The Labute approximate surface area is 94.7 Å². The number of hydrogen-bond acceptors (Lipinski definition) is 2. The summed E-state index contributed by atoms with van der Waals surface area (Å²) in [6, 6.07) is 3.96. The predicted molar refractivity (Wildman–Crippen MR) is 64.4 cm³/mol. The van der Waals surface area contributed by atoms with Gasteiger partial charge in [0.1, 0.15) is 5.76 Å². The van der Waals surface area contributed by atoms with Crippen molar-refractivity contribution in [2.75, 3.05) is 0 Å². The van der Waals surface area contributed by atoms with Crippen LogP contribution in [0.2, 0.25) is 0 Å². The van der Waals surface area contributed by atoms with Gasteiger partial charge in [0.15, 0.2) is 0 Å². The number of aryl methyl sites for hydroxylation is 1. The third-order valence-electron chi connectivity index (χ3n) is 2.85. The molecule has 1 aromatic rings. The van der Waals surface area contributed by atoms with E-state index in [1.165, 1.54) is 11.3 Å². The molecular formula is C14H13NO. The minimum absolute atomic E-state index is 0.990. The van der Waals surface area contributed by atoms with Gasteiger partial charge in [0.05, 0.1) is 12.0 Å². The van der Waals surface area contributed by atoms with E-state index in [1.807, 2.05) is 18.2 Å². The summed E-state index contributed by atoms with van der Waals surface area (Å²) >= 11 is 0. The van der Waals surface area contributed by atoms with Gasteiger partial charge < -0.3 is 4.42 Å². The summed E-state index contributed by atoms with van der Waals surface area (Å²) in [5, 5.41) is 0. The van der Waals surface area contributed by atoms with Crippen LogP contribution in [-0.4, -0.2) is 5.71 Å². The van der Waals surface area contributed by atoms with Crippen LogP contribution in [0.3, 0.4) is 0 Å². The molecule has 3 rings (SSSR count). The van der Waals surface area contributed by atoms with Gasteiger partial charge in [-0.25, -0.2) is 0 Å². The van der Waals surface area contributed by atoms with Crippen LogP contribution in [0, 0.1) is 0 Å². The first-order valence-corrected chi connectivity index (χ1v) is 5.62. The molecule has 0 aromatic carbocycles. The SMILES string of the molecule is C1=CC2=NC(CCCc3ccco3)=CC2=C1. The molecule has 0 atom stereocenters. The summed E-state index contributed by atoms with van der Waals surface area (Å²) in [4.78, 5) is 4.56. The molecule has 2 heterocycles. The fourth-order valence-corrected chi connectivity index (χ4v) is 2.04. The van der Waals surface area contributed by atoms with Crippen molar-refractivity contribution in [3.05, 3.63) is 59.7 Å². The Kier molecular flexibility index (Phi) is 2.33. The maximum Gasteiger partial charge on any atom is 0.103 e. The molecule has 1 aliphatic carbocycles. The third kappa shape index (κ3) is 1.78. The molecule has 2 heteroatoms. The first-order chi connectivity index (χ1) is 7.92. The van der Waals surface area contributed by atoms with E-state index in [-0.39, 0.29) is 0 Å². The lowest BCUT2D eigenvalue weighted by Gasteiger charge is -1.97. The number of nitrogens with zero attached hydrogens (tertiary/aromatic N) is 1. The van der Waals surface area contributed by atoms with Gasteiger partial charge in [-0.1, -0.05) is 12.2 Å². The number of rotatable bonds is 4. The highest BCUT2D eigenvalue weighted by Gasteiger charge is 2.13. The Hall–Kier alpha value is -1.83. The van der Waals surface area contributed by atoms with Gasteiger partial charge in [0, 0.05) is 17.7 Å². The fourth-order valence-electron chi connectivity index (χ4n) is 2.04. The molecule has 0 spiro atoms. The minimum atomic E-state index is 0.990. The molecule has 0 N–H and O–H groups in total. The summed E-state index contributed by atoms with van der Waals surface area (Å²) in [6.45, 7) is 0. The maximum atomic E-state index is 5.29. The average molecular weight is 211 g/mol. The molecule has 0 amide bonds. The van der Waals surface area contributed by atoms with E-state index < -0.39 is 0 Å². The van der Waals surface area contributed by atoms with Gasteiger partial charge in [-0.05, 0) is 37.1 Å². The second-order valence-corrected chi connectivity index (χ2v) is 4.05. The molecule has 0 radical (unpaired) electrons. The summed E-state index contributed by atoms with van der Waals surface area (Å²) in [5.74, 6) is 1.06. The standard InChI is InChI=1S/C14H13NO/c1-4-11-10-12(15-14(11)8-1)5-2-6-13-7-3-9-16-13/h1,3-4,7-10H,2,5-6H2. The smallest absolute Gasteiger partial charge is 0.103 e. The van der Waals surface area contributed by atoms with E-state index >= 15 is 0 Å². The van der Waals surface area contributed by atoms with E-state index in [4.69, 9.17) is 4.42 Å². The van der Waals surface area contributed by atoms with E-state index in [0.717, 1.165) is 30.7 Å². The van der Waals surface area contributed by atoms with Gasteiger partial charge >= 0.3 is 0 Å². The van der Waals surface area contributed by atoms with Crippen molar-refractivity contribution in [2.45, 2.75) is 19.3 Å². The number of fused-ring (bicyclic) bond motifs is 1. The van der Waals surface area contributed by atoms with E-state index in [9.17, 15) is 0 Å². The lowest BCUT2D eigenvalue weighted by atomic mass is 10.1. The molecule has 1 aromatic heterocycles. The van der Waals surface area contributed by atoms with Gasteiger partial charge in [0.2, 0.25) is 0 Å². The molecule has 0 bridgehead atoms. The monoisotopic (exact) mass is 211 g/mol. The topological polar surface area (TPSA) is 25.5 Å². The van der Waals surface area contributed by atoms with E-state index in [0.29, 0.717) is 0 Å². The summed E-state index contributed by atoms with van der Waals surface area (Å²) in [7, 11) is 0. The molecule has 1 aliphatic heterocycles. The zero-order valence-corrected chi connectivity index (χ0v) is 9.02. The van der Waals surface area contributed by atoms with Crippen LogP contribution in [0.1, 0.15) is 18.6 Å². The lowest BCUT2D eigenvalue weighted by Crippen LogP contribution is -1.85. The van der Waals surface area contributed by atoms with Crippen LogP contribution in [0.15, 0.2) is 63.4 Å². The number of allylic oxidation sites excluding steroid dienone is 6. The van der Waals surface area contributed by atoms with Crippen molar-refractivity contribution in [2.24, 2.45) is 4.99 Å². The highest BCUT2D eigenvalue weighted by molar-refractivity contribution is 6.15. The van der Waals surface area contributed by atoms with Crippen LogP contribution >= 0.6 is 0 Å². The molecule has 0 saturated heterocycles. The molecule has 0 saturated carbocycles. The van der Waals surface area contributed by atoms with Crippen molar-refractivity contribution < 1.29 is 4.42 Å². The summed E-state index contributed by atoms with van der Waals surface area (Å²) in [6.07, 6.45) is 13.2. The maximum absolute atomic E-state index is 5.29. The minimum Gasteiger partial charge on any atom is -0.469 e. The van der Waals surface area contributed by atoms with Crippen molar-refractivity contribution in [1.29, 1.82) is 0 Å². The van der Waals surface area contributed by atoms with Gasteiger partial charge in [-0.2, -0.15) is 0 Å². The Morgan fingerprint density at radius 1 is 1.25 bits per heavy atom. The van der Waals surface area contributed by atoms with Crippen LogP contribution < -0.4 is 0 Å². The highest BCUT2D eigenvalue weighted by Crippen LogP contribution is 2.24. The molecule has 0 fully saturated rings. The van der Waals surface area contributed by atoms with Gasteiger partial charge in [-0.3, -0.25) is 4.99 Å². The number of hydrogen-bond donors (Lipinski definition) is 0. The highest BCUT2D eigenvalue weighted by atomic mass is 16.3. The van der Waals surface area contributed by atoms with Crippen LogP contribution in [0.5, 0.6) is 0 Å². The van der Waals surface area contributed by atoms with Crippen molar-refractivity contribution >= 4 is 5.71 Å². The Morgan fingerprint density at radius 3 is 3.06 bits per heavy atom. The molecule has 80 valence electrons. The lowest BCUT2D eigenvalue weighted by molar-refractivity contribution is 0.501. The van der Waals surface area contributed by atoms with Crippen molar-refractivity contribution in [3.63, 3.8) is 0 Å². The Balaban J connectivity index is 1.54. The predicted octanol–water partition coefficient (Wildman–Crippen LogP) is 3.44. The molecule has 2 nitrogen and oxygen atoms in total. The molecule has 16 heavy (non-hydrogen) atoms. The molecule has 2 aliphatic rings. The van der Waals surface area contributed by atoms with Gasteiger partial charge in [0.25, 0.3) is 0 Å². The largest absolute Gasteiger partial charge is 0.469 e. The quantitative estimate of drug-likeness (QED) is 0.749. The Bertz CT molecular complexity index is 501. The molecular weight excluding hydrogens is 198 g/mol. The third-order valence-corrected chi connectivity index (χ3v) is 2.85. The van der Waals surface area contributed by atoms with Crippen molar-refractivity contribution in [3.8, 4) is 0 Å². The number of aliphatic imine (C=N–C) groups is 1. The number of furan rings is 1. The summed E-state index contributed by atoms with van der Waals surface area (Å²) < 4.78 is 5.29. The first kappa shape index (κ1) is 9.40. The second-order valence-electron chi connectivity index (χ2n) is 4.05. The molecule has 0 unspecified atom stereocenters. The second kappa shape index (κ2) is 3.97.